The number of aldehydes is 1. The lowest BCUT2D eigenvalue weighted by Crippen LogP contribution is -2.35. The number of carbonyl (C=O) groups is 3. The van der Waals surface area contributed by atoms with Gasteiger partial charge in [-0.15, -0.1) is 11.3 Å². The summed E-state index contributed by atoms with van der Waals surface area (Å²) in [6.45, 7) is 1.22. The Labute approximate surface area is 230 Å². The SMILES string of the molecule is CNc1cc(C(=O)NCc2cnc(C3=CCC(N4CCCC4=O)C=C3)s2)ccc1Sc1ccccc1C=O. The van der Waals surface area contributed by atoms with Crippen LogP contribution >= 0.6 is 23.1 Å². The Kier molecular flexibility index (Phi) is 8.05. The van der Waals surface area contributed by atoms with Gasteiger partial charge in [-0.2, -0.15) is 0 Å². The molecule has 0 saturated carbocycles. The molecule has 1 aromatic heterocycles. The summed E-state index contributed by atoms with van der Waals surface area (Å²) in [4.78, 5) is 45.5. The lowest BCUT2D eigenvalue weighted by Gasteiger charge is -2.26. The van der Waals surface area contributed by atoms with E-state index in [4.69, 9.17) is 0 Å². The lowest BCUT2D eigenvalue weighted by molar-refractivity contribution is -0.128. The Hall–Kier alpha value is -3.69. The summed E-state index contributed by atoms with van der Waals surface area (Å²) in [5, 5.41) is 7.05. The smallest absolute Gasteiger partial charge is 0.251 e. The number of benzene rings is 2. The van der Waals surface area contributed by atoms with E-state index in [0.717, 1.165) is 56.6 Å². The molecule has 9 heteroatoms. The topological polar surface area (TPSA) is 91.4 Å². The Morgan fingerprint density at radius 3 is 2.84 bits per heavy atom. The van der Waals surface area contributed by atoms with Crippen LogP contribution in [0.1, 0.15) is 49.9 Å². The molecule has 7 nitrogen and oxygen atoms in total. The quantitative estimate of drug-likeness (QED) is 0.350. The summed E-state index contributed by atoms with van der Waals surface area (Å²) in [6.07, 6.45) is 11.3. The Bertz CT molecular complexity index is 1430. The molecule has 3 aromatic rings. The zero-order valence-corrected chi connectivity index (χ0v) is 22.6. The van der Waals surface area contributed by atoms with Crippen LogP contribution in [-0.4, -0.2) is 47.6 Å². The molecule has 1 aliphatic heterocycles. The molecule has 2 aromatic carbocycles. The number of thiazole rings is 1. The molecular formula is C29H28N4O3S2. The molecule has 0 spiro atoms. The lowest BCUT2D eigenvalue weighted by atomic mass is 10.0. The van der Waals surface area contributed by atoms with Gasteiger partial charge in [-0.25, -0.2) is 4.98 Å². The molecule has 2 aliphatic rings. The Morgan fingerprint density at radius 1 is 1.24 bits per heavy atom. The summed E-state index contributed by atoms with van der Waals surface area (Å²) in [5.74, 6) is 0.0680. The number of rotatable bonds is 9. The van der Waals surface area contributed by atoms with E-state index in [2.05, 4.69) is 27.8 Å². The second kappa shape index (κ2) is 11.8. The molecule has 2 N–H and O–H groups in total. The van der Waals surface area contributed by atoms with E-state index in [1.165, 1.54) is 11.8 Å². The molecule has 1 fully saturated rings. The summed E-state index contributed by atoms with van der Waals surface area (Å²) in [5.41, 5.74) is 3.05. The Morgan fingerprint density at radius 2 is 2.11 bits per heavy atom. The standard InChI is InChI=1S/C29H28N4O3S2/c1-30-24-15-20(10-13-26(24)38-25-6-3-2-5-21(25)18-34)28(36)31-16-23-17-32-29(37-23)19-8-11-22(12-9-19)33-14-4-7-27(33)35/h2-3,5-6,8-11,13,15,17-18,22,30H,4,7,12,14,16H2,1H3,(H,31,36). The molecule has 5 rings (SSSR count). The van der Waals surface area contributed by atoms with E-state index in [0.29, 0.717) is 24.1 Å². The third-order valence-electron chi connectivity index (χ3n) is 6.59. The number of amides is 2. The van der Waals surface area contributed by atoms with Gasteiger partial charge in [0.05, 0.1) is 12.6 Å². The van der Waals surface area contributed by atoms with E-state index in [9.17, 15) is 14.4 Å². The first kappa shape index (κ1) is 25.9. The zero-order chi connectivity index (χ0) is 26.5. The maximum absolute atomic E-state index is 12.9. The van der Waals surface area contributed by atoms with Crippen molar-refractivity contribution in [3.05, 3.63) is 87.9 Å². The van der Waals surface area contributed by atoms with Crippen LogP contribution in [0.4, 0.5) is 5.69 Å². The van der Waals surface area contributed by atoms with Gasteiger partial charge in [-0.1, -0.05) is 48.2 Å². The minimum Gasteiger partial charge on any atom is -0.387 e. The molecule has 1 saturated heterocycles. The number of likely N-dealkylation sites (tertiary alicyclic amines) is 1. The fourth-order valence-electron chi connectivity index (χ4n) is 4.56. The van der Waals surface area contributed by atoms with Crippen molar-refractivity contribution in [3.8, 4) is 0 Å². The molecule has 2 amide bonds. The molecule has 2 heterocycles. The highest BCUT2D eigenvalue weighted by atomic mass is 32.2. The van der Waals surface area contributed by atoms with Crippen LogP contribution in [0.15, 0.2) is 76.7 Å². The van der Waals surface area contributed by atoms with Crippen molar-refractivity contribution in [2.75, 3.05) is 18.9 Å². The number of nitrogens with one attached hydrogen (secondary N) is 2. The minimum atomic E-state index is -0.170. The van der Waals surface area contributed by atoms with Crippen LogP contribution < -0.4 is 10.6 Å². The van der Waals surface area contributed by atoms with Crippen molar-refractivity contribution < 1.29 is 14.4 Å². The third-order valence-corrected chi connectivity index (χ3v) is 8.80. The van der Waals surface area contributed by atoms with Gasteiger partial charge in [-0.05, 0) is 37.1 Å². The molecule has 1 aliphatic carbocycles. The van der Waals surface area contributed by atoms with Crippen molar-refractivity contribution >= 4 is 52.5 Å². The molecule has 1 unspecified atom stereocenters. The van der Waals surface area contributed by atoms with E-state index in [1.54, 1.807) is 29.7 Å². The fourth-order valence-corrected chi connectivity index (χ4v) is 6.45. The fraction of sp³-hybridized carbons (Fsp3) is 0.241. The minimum absolute atomic E-state index is 0.138. The van der Waals surface area contributed by atoms with Crippen LogP contribution in [0.3, 0.4) is 0 Å². The van der Waals surface area contributed by atoms with Crippen molar-refractivity contribution in [2.45, 2.75) is 41.6 Å². The molecule has 1 atom stereocenters. The first-order chi connectivity index (χ1) is 18.6. The van der Waals surface area contributed by atoms with E-state index in [-0.39, 0.29) is 17.9 Å². The normalized spacial score (nSPS) is 16.9. The van der Waals surface area contributed by atoms with Gasteiger partial charge in [0.15, 0.2) is 6.29 Å². The first-order valence-corrected chi connectivity index (χ1v) is 14.1. The number of nitrogens with zero attached hydrogens (tertiary/aromatic N) is 2. The highest BCUT2D eigenvalue weighted by molar-refractivity contribution is 7.99. The van der Waals surface area contributed by atoms with Gasteiger partial charge in [0.2, 0.25) is 5.91 Å². The second-order valence-corrected chi connectivity index (χ2v) is 11.2. The molecular weight excluding hydrogens is 516 g/mol. The van der Waals surface area contributed by atoms with Crippen molar-refractivity contribution in [1.29, 1.82) is 0 Å². The van der Waals surface area contributed by atoms with Gasteiger partial charge in [0, 0.05) is 63.3 Å². The van der Waals surface area contributed by atoms with Gasteiger partial charge < -0.3 is 15.5 Å². The zero-order valence-electron chi connectivity index (χ0n) is 21.0. The van der Waals surface area contributed by atoms with Crippen LogP contribution in [0.25, 0.3) is 5.57 Å². The predicted octanol–water partition coefficient (Wildman–Crippen LogP) is 5.41. The van der Waals surface area contributed by atoms with Gasteiger partial charge in [-0.3, -0.25) is 14.4 Å². The largest absolute Gasteiger partial charge is 0.387 e. The summed E-state index contributed by atoms with van der Waals surface area (Å²) >= 11 is 3.04. The average Bonchev–Trinajstić information content (AvgIpc) is 3.61. The number of carbonyl (C=O) groups excluding carboxylic acids is 3. The van der Waals surface area contributed by atoms with Crippen LogP contribution in [0.2, 0.25) is 0 Å². The van der Waals surface area contributed by atoms with Crippen LogP contribution in [0, 0.1) is 0 Å². The third kappa shape index (κ3) is 5.74. The van der Waals surface area contributed by atoms with Gasteiger partial charge in [0.1, 0.15) is 5.01 Å². The van der Waals surface area contributed by atoms with Crippen molar-refractivity contribution in [1.82, 2.24) is 15.2 Å². The highest BCUT2D eigenvalue weighted by Crippen LogP contribution is 2.35. The van der Waals surface area contributed by atoms with Gasteiger partial charge >= 0.3 is 0 Å². The molecule has 38 heavy (non-hydrogen) atoms. The highest BCUT2D eigenvalue weighted by Gasteiger charge is 2.27. The second-order valence-electron chi connectivity index (χ2n) is 9.05. The van der Waals surface area contributed by atoms with Crippen LogP contribution in [0.5, 0.6) is 0 Å². The number of anilines is 1. The van der Waals surface area contributed by atoms with E-state index in [1.807, 2.05) is 48.4 Å². The number of hydrogen-bond donors (Lipinski definition) is 2. The summed E-state index contributed by atoms with van der Waals surface area (Å²) < 4.78 is 0. The monoisotopic (exact) mass is 544 g/mol. The van der Waals surface area contributed by atoms with Gasteiger partial charge in [0.25, 0.3) is 5.91 Å². The van der Waals surface area contributed by atoms with Crippen LogP contribution in [-0.2, 0) is 11.3 Å². The average molecular weight is 545 g/mol. The van der Waals surface area contributed by atoms with E-state index < -0.39 is 0 Å². The number of hydrogen-bond acceptors (Lipinski definition) is 7. The first-order valence-electron chi connectivity index (χ1n) is 12.5. The molecule has 0 radical (unpaired) electrons. The van der Waals surface area contributed by atoms with Crippen molar-refractivity contribution in [2.24, 2.45) is 0 Å². The maximum atomic E-state index is 12.9. The summed E-state index contributed by atoms with van der Waals surface area (Å²) in [6, 6.07) is 13.1. The molecule has 194 valence electrons. The maximum Gasteiger partial charge on any atom is 0.251 e. The summed E-state index contributed by atoms with van der Waals surface area (Å²) in [7, 11) is 1.81. The number of aromatic nitrogens is 1. The van der Waals surface area contributed by atoms with Crippen molar-refractivity contribution in [3.63, 3.8) is 0 Å². The number of allylic oxidation sites excluding steroid dienone is 2. The van der Waals surface area contributed by atoms with E-state index >= 15 is 0 Å². The molecule has 0 bridgehead atoms. The predicted molar refractivity (Wildman–Crippen MR) is 152 cm³/mol. The Balaban J connectivity index is 1.19.